The van der Waals surface area contributed by atoms with Gasteiger partial charge in [0.05, 0.1) is 10.9 Å². The molecule has 0 aromatic heterocycles. The standard InChI is InChI=1S/C12H15ClFNO4S/c1-7(2)9(12(16)17)6-15-20(18,19)11-4-3-8(14)5-10(11)13/h3-5,7,9,15H,6H2,1-2H3,(H,16,17). The third-order valence-electron chi connectivity index (χ3n) is 2.80. The largest absolute Gasteiger partial charge is 0.481 e. The molecule has 0 saturated heterocycles. The second kappa shape index (κ2) is 6.51. The Kier molecular flexibility index (Phi) is 5.50. The van der Waals surface area contributed by atoms with Gasteiger partial charge in [0.2, 0.25) is 10.0 Å². The highest BCUT2D eigenvalue weighted by Gasteiger charge is 2.25. The van der Waals surface area contributed by atoms with Crippen molar-refractivity contribution >= 4 is 27.6 Å². The van der Waals surface area contributed by atoms with Crippen LogP contribution in [0.15, 0.2) is 23.1 Å². The number of hydrogen-bond donors (Lipinski definition) is 2. The van der Waals surface area contributed by atoms with Gasteiger partial charge in [0, 0.05) is 6.54 Å². The average Bonchev–Trinajstić information content (AvgIpc) is 2.26. The Balaban J connectivity index is 2.93. The average molecular weight is 324 g/mol. The van der Waals surface area contributed by atoms with Crippen LogP contribution in [-0.4, -0.2) is 26.0 Å². The predicted molar refractivity (Wildman–Crippen MR) is 72.6 cm³/mol. The molecule has 8 heteroatoms. The SMILES string of the molecule is CC(C)C(CNS(=O)(=O)c1ccc(F)cc1Cl)C(=O)O. The van der Waals surface area contributed by atoms with E-state index in [0.717, 1.165) is 18.2 Å². The Bertz CT molecular complexity index is 603. The highest BCUT2D eigenvalue weighted by atomic mass is 35.5. The van der Waals surface area contributed by atoms with Gasteiger partial charge in [-0.25, -0.2) is 17.5 Å². The number of carboxylic acid groups (broad SMARTS) is 1. The normalized spacial score (nSPS) is 13.4. The molecule has 0 aliphatic rings. The molecule has 0 fully saturated rings. The van der Waals surface area contributed by atoms with Crippen molar-refractivity contribution in [3.05, 3.63) is 29.0 Å². The maximum Gasteiger partial charge on any atom is 0.308 e. The molecule has 5 nitrogen and oxygen atoms in total. The summed E-state index contributed by atoms with van der Waals surface area (Å²) >= 11 is 5.68. The maximum atomic E-state index is 12.9. The van der Waals surface area contributed by atoms with Gasteiger partial charge in [-0.1, -0.05) is 25.4 Å². The van der Waals surface area contributed by atoms with E-state index in [-0.39, 0.29) is 22.4 Å². The lowest BCUT2D eigenvalue weighted by Gasteiger charge is -2.17. The lowest BCUT2D eigenvalue weighted by molar-refractivity contribution is -0.142. The van der Waals surface area contributed by atoms with Crippen molar-refractivity contribution in [1.82, 2.24) is 4.72 Å². The number of aliphatic carboxylic acids is 1. The van der Waals surface area contributed by atoms with E-state index in [1.165, 1.54) is 0 Å². The van der Waals surface area contributed by atoms with Crippen LogP contribution < -0.4 is 4.72 Å². The molecule has 1 aromatic rings. The fraction of sp³-hybridized carbons (Fsp3) is 0.417. The van der Waals surface area contributed by atoms with Gasteiger partial charge < -0.3 is 5.11 Å². The van der Waals surface area contributed by atoms with Crippen molar-refractivity contribution < 1.29 is 22.7 Å². The Morgan fingerprint density at radius 2 is 2.05 bits per heavy atom. The molecule has 1 aromatic carbocycles. The monoisotopic (exact) mass is 323 g/mol. The number of carbonyl (C=O) groups is 1. The Morgan fingerprint density at radius 1 is 1.45 bits per heavy atom. The summed E-state index contributed by atoms with van der Waals surface area (Å²) in [5.74, 6) is -2.84. The van der Waals surface area contributed by atoms with Crippen LogP contribution in [0, 0.1) is 17.7 Å². The summed E-state index contributed by atoms with van der Waals surface area (Å²) in [6, 6.07) is 2.88. The van der Waals surface area contributed by atoms with E-state index in [9.17, 15) is 17.6 Å². The predicted octanol–water partition coefficient (Wildman–Crippen LogP) is 2.11. The van der Waals surface area contributed by atoms with E-state index in [1.807, 2.05) is 0 Å². The summed E-state index contributed by atoms with van der Waals surface area (Å²) in [6.07, 6.45) is 0. The smallest absolute Gasteiger partial charge is 0.308 e. The van der Waals surface area contributed by atoms with Gasteiger partial charge >= 0.3 is 5.97 Å². The summed E-state index contributed by atoms with van der Waals surface area (Å²) in [5, 5.41) is 8.74. The van der Waals surface area contributed by atoms with Crippen molar-refractivity contribution in [2.24, 2.45) is 11.8 Å². The van der Waals surface area contributed by atoms with E-state index in [2.05, 4.69) is 4.72 Å². The minimum atomic E-state index is -3.98. The molecule has 2 N–H and O–H groups in total. The van der Waals surface area contributed by atoms with Crippen molar-refractivity contribution in [1.29, 1.82) is 0 Å². The first-order valence-corrected chi connectivity index (χ1v) is 7.68. The molecule has 20 heavy (non-hydrogen) atoms. The van der Waals surface area contributed by atoms with Crippen LogP contribution in [0.5, 0.6) is 0 Å². The highest BCUT2D eigenvalue weighted by Crippen LogP contribution is 2.22. The third-order valence-corrected chi connectivity index (χ3v) is 4.71. The third kappa shape index (κ3) is 4.16. The van der Waals surface area contributed by atoms with Gasteiger partial charge in [0.1, 0.15) is 10.7 Å². The highest BCUT2D eigenvalue weighted by molar-refractivity contribution is 7.89. The number of sulfonamides is 1. The van der Waals surface area contributed by atoms with Crippen molar-refractivity contribution in [3.8, 4) is 0 Å². The summed E-state index contributed by atoms with van der Waals surface area (Å²) in [4.78, 5) is 10.7. The number of carboxylic acids is 1. The van der Waals surface area contributed by atoms with Gasteiger partial charge in [-0.05, 0) is 24.1 Å². The Labute approximate surface area is 121 Å². The molecule has 0 spiro atoms. The van der Waals surface area contributed by atoms with Crippen LogP contribution in [0.4, 0.5) is 4.39 Å². The topological polar surface area (TPSA) is 83.5 Å². The van der Waals surface area contributed by atoms with Crippen LogP contribution >= 0.6 is 11.6 Å². The van der Waals surface area contributed by atoms with Crippen LogP contribution in [0.2, 0.25) is 5.02 Å². The number of halogens is 2. The number of rotatable bonds is 6. The van der Waals surface area contributed by atoms with E-state index in [0.29, 0.717) is 0 Å². The summed E-state index contributed by atoms with van der Waals surface area (Å²) in [7, 11) is -3.98. The maximum absolute atomic E-state index is 12.9. The van der Waals surface area contributed by atoms with Gasteiger partial charge in [0.15, 0.2) is 0 Å². The first kappa shape index (κ1) is 16.9. The van der Waals surface area contributed by atoms with E-state index >= 15 is 0 Å². The summed E-state index contributed by atoms with van der Waals surface area (Å²) in [6.45, 7) is 3.10. The van der Waals surface area contributed by atoms with E-state index < -0.39 is 27.7 Å². The first-order chi connectivity index (χ1) is 9.15. The zero-order chi connectivity index (χ0) is 15.5. The molecule has 0 aliphatic carbocycles. The van der Waals surface area contributed by atoms with Crippen LogP contribution in [-0.2, 0) is 14.8 Å². The van der Waals surface area contributed by atoms with Crippen molar-refractivity contribution in [2.45, 2.75) is 18.7 Å². The number of hydrogen-bond acceptors (Lipinski definition) is 3. The number of benzene rings is 1. The lowest BCUT2D eigenvalue weighted by Crippen LogP contribution is -2.35. The Hall–Kier alpha value is -1.18. The van der Waals surface area contributed by atoms with Crippen molar-refractivity contribution in [3.63, 3.8) is 0 Å². The summed E-state index contributed by atoms with van der Waals surface area (Å²) in [5.41, 5.74) is 0. The fourth-order valence-corrected chi connectivity index (χ4v) is 3.17. The second-order valence-electron chi connectivity index (χ2n) is 4.62. The molecule has 1 unspecified atom stereocenters. The quantitative estimate of drug-likeness (QED) is 0.840. The van der Waals surface area contributed by atoms with Gasteiger partial charge in [-0.3, -0.25) is 4.79 Å². The first-order valence-electron chi connectivity index (χ1n) is 5.82. The molecule has 1 atom stereocenters. The molecule has 112 valence electrons. The molecular weight excluding hydrogens is 309 g/mol. The molecule has 0 heterocycles. The zero-order valence-electron chi connectivity index (χ0n) is 10.9. The fourth-order valence-electron chi connectivity index (χ4n) is 1.58. The minimum Gasteiger partial charge on any atom is -0.481 e. The molecule has 0 bridgehead atoms. The lowest BCUT2D eigenvalue weighted by atomic mass is 9.97. The molecule has 0 saturated carbocycles. The molecule has 0 amide bonds. The van der Waals surface area contributed by atoms with Crippen LogP contribution in [0.1, 0.15) is 13.8 Å². The molecule has 0 radical (unpaired) electrons. The van der Waals surface area contributed by atoms with Crippen LogP contribution in [0.3, 0.4) is 0 Å². The van der Waals surface area contributed by atoms with Gasteiger partial charge in [-0.15, -0.1) is 0 Å². The zero-order valence-corrected chi connectivity index (χ0v) is 12.5. The minimum absolute atomic E-state index is 0.237. The summed E-state index contributed by atoms with van der Waals surface area (Å²) < 4.78 is 39.1. The Morgan fingerprint density at radius 3 is 2.50 bits per heavy atom. The number of nitrogens with one attached hydrogen (secondary N) is 1. The molecule has 0 aliphatic heterocycles. The molecular formula is C12H15ClFNO4S. The molecule has 1 rings (SSSR count). The van der Waals surface area contributed by atoms with Crippen molar-refractivity contribution in [2.75, 3.05) is 6.54 Å². The van der Waals surface area contributed by atoms with Gasteiger partial charge in [-0.2, -0.15) is 0 Å². The van der Waals surface area contributed by atoms with E-state index in [4.69, 9.17) is 16.7 Å². The van der Waals surface area contributed by atoms with Crippen LogP contribution in [0.25, 0.3) is 0 Å². The second-order valence-corrected chi connectivity index (χ2v) is 6.76. The van der Waals surface area contributed by atoms with E-state index in [1.54, 1.807) is 13.8 Å². The van der Waals surface area contributed by atoms with Gasteiger partial charge in [0.25, 0.3) is 0 Å².